The van der Waals surface area contributed by atoms with Gasteiger partial charge >= 0.3 is 0 Å². The lowest BCUT2D eigenvalue weighted by molar-refractivity contribution is -0.0553. The molecular formula is C16H23ClN2O2. The zero-order chi connectivity index (χ0) is 15.6. The Morgan fingerprint density at radius 1 is 1.43 bits per heavy atom. The summed E-state index contributed by atoms with van der Waals surface area (Å²) >= 11 is 6.25. The van der Waals surface area contributed by atoms with Crippen LogP contribution in [0.2, 0.25) is 5.02 Å². The van der Waals surface area contributed by atoms with Gasteiger partial charge < -0.3 is 15.0 Å². The fourth-order valence-corrected chi connectivity index (χ4v) is 2.77. The number of rotatable bonds is 3. The van der Waals surface area contributed by atoms with Gasteiger partial charge in [-0.2, -0.15) is 0 Å². The van der Waals surface area contributed by atoms with Crippen LogP contribution in [0.3, 0.4) is 0 Å². The van der Waals surface area contributed by atoms with E-state index < -0.39 is 0 Å². The lowest BCUT2D eigenvalue weighted by Crippen LogP contribution is -2.40. The number of benzene rings is 1. The van der Waals surface area contributed by atoms with E-state index >= 15 is 0 Å². The van der Waals surface area contributed by atoms with Crippen LogP contribution in [0, 0.1) is 0 Å². The SMILES string of the molecule is CN(C)C(=O)c1ccc(Cl)c(NC2CCOC(C)(C)C2)c1. The van der Waals surface area contributed by atoms with Crippen LogP contribution in [0.25, 0.3) is 0 Å². The molecule has 0 aliphatic carbocycles. The fourth-order valence-electron chi connectivity index (χ4n) is 2.60. The minimum Gasteiger partial charge on any atom is -0.381 e. The quantitative estimate of drug-likeness (QED) is 0.930. The standard InChI is InChI=1S/C16H23ClN2O2/c1-16(2)10-12(7-8-21-16)18-14-9-11(5-6-13(14)17)15(20)19(3)4/h5-6,9,12,18H,7-8,10H2,1-4H3. The maximum Gasteiger partial charge on any atom is 0.253 e. The van der Waals surface area contributed by atoms with E-state index in [0.717, 1.165) is 25.1 Å². The van der Waals surface area contributed by atoms with Gasteiger partial charge in [-0.1, -0.05) is 11.6 Å². The van der Waals surface area contributed by atoms with Gasteiger partial charge in [0.15, 0.2) is 0 Å². The van der Waals surface area contributed by atoms with Crippen molar-refractivity contribution in [2.45, 2.75) is 38.3 Å². The van der Waals surface area contributed by atoms with E-state index in [-0.39, 0.29) is 11.5 Å². The number of hydrogen-bond donors (Lipinski definition) is 1. The summed E-state index contributed by atoms with van der Waals surface area (Å²) in [6.45, 7) is 4.92. The molecule has 2 rings (SSSR count). The van der Waals surface area contributed by atoms with Crippen LogP contribution in [0.5, 0.6) is 0 Å². The molecule has 1 unspecified atom stereocenters. The largest absolute Gasteiger partial charge is 0.381 e. The third-order valence-corrected chi connectivity index (χ3v) is 4.01. The first-order valence-corrected chi connectivity index (χ1v) is 7.58. The molecule has 1 amide bonds. The normalized spacial score (nSPS) is 20.9. The Hall–Kier alpha value is -1.26. The van der Waals surface area contributed by atoms with Crippen molar-refractivity contribution < 1.29 is 9.53 Å². The van der Waals surface area contributed by atoms with Gasteiger partial charge in [-0.15, -0.1) is 0 Å². The van der Waals surface area contributed by atoms with Crippen molar-refractivity contribution in [3.8, 4) is 0 Å². The first-order chi connectivity index (χ1) is 9.78. The molecule has 0 spiro atoms. The maximum absolute atomic E-state index is 12.0. The molecule has 0 bridgehead atoms. The summed E-state index contributed by atoms with van der Waals surface area (Å²) in [6.07, 6.45) is 1.85. The average molecular weight is 311 g/mol. The minimum absolute atomic E-state index is 0.0259. The van der Waals surface area contributed by atoms with E-state index in [1.165, 1.54) is 0 Å². The molecule has 1 aliphatic rings. The summed E-state index contributed by atoms with van der Waals surface area (Å²) in [7, 11) is 3.48. The number of ether oxygens (including phenoxy) is 1. The molecule has 1 aromatic carbocycles. The van der Waals surface area contributed by atoms with E-state index in [9.17, 15) is 4.79 Å². The summed E-state index contributed by atoms with van der Waals surface area (Å²) in [5.74, 6) is -0.0259. The molecular weight excluding hydrogens is 288 g/mol. The third-order valence-electron chi connectivity index (χ3n) is 3.68. The molecule has 4 nitrogen and oxygen atoms in total. The number of halogens is 1. The predicted molar refractivity (Wildman–Crippen MR) is 86.1 cm³/mol. The highest BCUT2D eigenvalue weighted by Gasteiger charge is 2.29. The second kappa shape index (κ2) is 6.24. The highest BCUT2D eigenvalue weighted by Crippen LogP contribution is 2.30. The van der Waals surface area contributed by atoms with Crippen LogP contribution >= 0.6 is 11.6 Å². The number of carbonyl (C=O) groups excluding carboxylic acids is 1. The molecule has 0 radical (unpaired) electrons. The monoisotopic (exact) mass is 310 g/mol. The number of hydrogen-bond acceptors (Lipinski definition) is 3. The Balaban J connectivity index is 2.16. The molecule has 1 heterocycles. The lowest BCUT2D eigenvalue weighted by atomic mass is 9.93. The molecule has 0 saturated carbocycles. The van der Waals surface area contributed by atoms with E-state index in [1.54, 1.807) is 31.1 Å². The molecule has 21 heavy (non-hydrogen) atoms. The summed E-state index contributed by atoms with van der Waals surface area (Å²) in [6, 6.07) is 5.65. The molecule has 1 aromatic rings. The molecule has 5 heteroatoms. The first kappa shape index (κ1) is 16.1. The number of nitrogens with one attached hydrogen (secondary N) is 1. The average Bonchev–Trinajstić information content (AvgIpc) is 2.39. The van der Waals surface area contributed by atoms with Gasteiger partial charge in [-0.3, -0.25) is 4.79 Å². The van der Waals surface area contributed by atoms with Crippen molar-refractivity contribution in [1.29, 1.82) is 0 Å². The number of anilines is 1. The second-order valence-electron chi connectivity index (χ2n) is 6.34. The van der Waals surface area contributed by atoms with Gasteiger partial charge in [-0.05, 0) is 44.9 Å². The van der Waals surface area contributed by atoms with Crippen molar-refractivity contribution >= 4 is 23.2 Å². The molecule has 1 saturated heterocycles. The van der Waals surface area contributed by atoms with E-state index in [2.05, 4.69) is 19.2 Å². The summed E-state index contributed by atoms with van der Waals surface area (Å²) < 4.78 is 5.72. The molecule has 1 N–H and O–H groups in total. The van der Waals surface area contributed by atoms with Gasteiger partial charge in [0.05, 0.1) is 16.3 Å². The summed E-state index contributed by atoms with van der Waals surface area (Å²) in [5, 5.41) is 4.09. The van der Waals surface area contributed by atoms with E-state index in [1.807, 2.05) is 6.07 Å². The number of nitrogens with zero attached hydrogens (tertiary/aromatic N) is 1. The molecule has 116 valence electrons. The summed E-state index contributed by atoms with van der Waals surface area (Å²) in [5.41, 5.74) is 1.32. The van der Waals surface area contributed by atoms with Crippen molar-refractivity contribution in [1.82, 2.24) is 4.90 Å². The molecule has 0 aromatic heterocycles. The zero-order valence-electron chi connectivity index (χ0n) is 13.1. The van der Waals surface area contributed by atoms with Crippen LogP contribution in [0.15, 0.2) is 18.2 Å². The van der Waals surface area contributed by atoms with Gasteiger partial charge in [0.2, 0.25) is 0 Å². The Labute approximate surface area is 131 Å². The van der Waals surface area contributed by atoms with Gasteiger partial charge in [0.25, 0.3) is 5.91 Å². The fraction of sp³-hybridized carbons (Fsp3) is 0.562. The van der Waals surface area contributed by atoms with Gasteiger partial charge in [0, 0.05) is 32.3 Å². The van der Waals surface area contributed by atoms with Crippen molar-refractivity contribution in [2.24, 2.45) is 0 Å². The Morgan fingerprint density at radius 3 is 2.76 bits per heavy atom. The number of carbonyl (C=O) groups is 1. The molecule has 1 aliphatic heterocycles. The van der Waals surface area contributed by atoms with Crippen LogP contribution in [-0.2, 0) is 4.74 Å². The number of amides is 1. The smallest absolute Gasteiger partial charge is 0.253 e. The van der Waals surface area contributed by atoms with Crippen LogP contribution < -0.4 is 5.32 Å². The third kappa shape index (κ3) is 4.11. The van der Waals surface area contributed by atoms with Crippen LogP contribution in [0.4, 0.5) is 5.69 Å². The molecule has 1 fully saturated rings. The highest BCUT2D eigenvalue weighted by molar-refractivity contribution is 6.33. The van der Waals surface area contributed by atoms with E-state index in [0.29, 0.717) is 16.6 Å². The Kier molecular flexibility index (Phi) is 4.79. The Bertz CT molecular complexity index is 529. The highest BCUT2D eigenvalue weighted by atomic mass is 35.5. The molecule has 1 atom stereocenters. The van der Waals surface area contributed by atoms with Crippen LogP contribution in [-0.4, -0.2) is 43.2 Å². The summed E-state index contributed by atoms with van der Waals surface area (Å²) in [4.78, 5) is 13.6. The van der Waals surface area contributed by atoms with E-state index in [4.69, 9.17) is 16.3 Å². The van der Waals surface area contributed by atoms with Crippen LogP contribution in [0.1, 0.15) is 37.0 Å². The Morgan fingerprint density at radius 2 is 2.14 bits per heavy atom. The van der Waals surface area contributed by atoms with Gasteiger partial charge in [0.1, 0.15) is 0 Å². The second-order valence-corrected chi connectivity index (χ2v) is 6.74. The van der Waals surface area contributed by atoms with Crippen molar-refractivity contribution in [3.05, 3.63) is 28.8 Å². The topological polar surface area (TPSA) is 41.6 Å². The van der Waals surface area contributed by atoms with Crippen molar-refractivity contribution in [2.75, 3.05) is 26.0 Å². The van der Waals surface area contributed by atoms with Crippen molar-refractivity contribution in [3.63, 3.8) is 0 Å². The maximum atomic E-state index is 12.0. The zero-order valence-corrected chi connectivity index (χ0v) is 13.8. The first-order valence-electron chi connectivity index (χ1n) is 7.20. The predicted octanol–water partition coefficient (Wildman–Crippen LogP) is 3.41. The lowest BCUT2D eigenvalue weighted by Gasteiger charge is -2.36. The van der Waals surface area contributed by atoms with Gasteiger partial charge in [-0.25, -0.2) is 0 Å². The minimum atomic E-state index is -0.126.